The van der Waals surface area contributed by atoms with Gasteiger partial charge in [-0.2, -0.15) is 0 Å². The van der Waals surface area contributed by atoms with Gasteiger partial charge in [0.2, 0.25) is 0 Å². The largest absolute Gasteiger partial charge is 0.490 e. The molecule has 4 aromatic rings. The summed E-state index contributed by atoms with van der Waals surface area (Å²) in [5.74, 6) is 1.54. The number of carbonyl (C=O) groups excluding carboxylic acids is 1. The molecule has 376 valence electrons. The summed E-state index contributed by atoms with van der Waals surface area (Å²) < 4.78 is 6.14. The maximum atomic E-state index is 12.3. The van der Waals surface area contributed by atoms with Crippen molar-refractivity contribution in [2.24, 2.45) is 16.6 Å². The molecule has 4 aliphatic rings. The highest BCUT2D eigenvalue weighted by Crippen LogP contribution is 2.48. The first-order valence-electron chi connectivity index (χ1n) is 23.7. The number of nitrogens with one attached hydrogen (secondary N) is 1. The third-order valence-corrected chi connectivity index (χ3v) is 17.0. The molecule has 4 fully saturated rings. The number of benzene rings is 2. The number of aromatic nitrogens is 4. The van der Waals surface area contributed by atoms with Crippen LogP contribution in [0.4, 0.5) is 16.4 Å². The van der Waals surface area contributed by atoms with Crippen molar-refractivity contribution in [3.05, 3.63) is 82.9 Å². The molecule has 2 aromatic heterocycles. The van der Waals surface area contributed by atoms with Gasteiger partial charge in [0.1, 0.15) is 21.6 Å². The summed E-state index contributed by atoms with van der Waals surface area (Å²) >= 11 is 27.7. The van der Waals surface area contributed by atoms with Gasteiger partial charge in [0.15, 0.2) is 11.6 Å². The zero-order valence-corrected chi connectivity index (χ0v) is 45.2. The number of alkyl carbamates (subject to hydrolysis) is 1. The molecule has 2 aromatic carbocycles. The van der Waals surface area contributed by atoms with Crippen molar-refractivity contribution in [3.8, 4) is 11.3 Å². The molecule has 2 atom stereocenters. The Kier molecular flexibility index (Phi) is 18.6. The number of piperidine rings is 2. The van der Waals surface area contributed by atoms with Gasteiger partial charge < -0.3 is 45.8 Å². The molecule has 0 bridgehead atoms. The van der Waals surface area contributed by atoms with Crippen molar-refractivity contribution in [2.75, 3.05) is 36.0 Å². The smallest absolute Gasteiger partial charge is 0.444 e. The van der Waals surface area contributed by atoms with E-state index < -0.39 is 12.7 Å². The van der Waals surface area contributed by atoms with Crippen molar-refractivity contribution in [1.82, 2.24) is 25.3 Å². The topological polar surface area (TPSA) is 203 Å². The molecule has 2 saturated heterocycles. The fourth-order valence-electron chi connectivity index (χ4n) is 10.3. The van der Waals surface area contributed by atoms with Gasteiger partial charge in [0.25, 0.3) is 0 Å². The third kappa shape index (κ3) is 12.8. The van der Waals surface area contributed by atoms with E-state index in [9.17, 15) is 15.0 Å². The Morgan fingerprint density at radius 1 is 0.754 bits per heavy atom. The predicted molar refractivity (Wildman–Crippen MR) is 281 cm³/mol. The highest BCUT2D eigenvalue weighted by atomic mass is 79.9. The maximum Gasteiger partial charge on any atom is 0.490 e. The fourth-order valence-corrected chi connectivity index (χ4v) is 11.5. The average molecular weight is 1100 g/mol. The molecule has 2 spiro atoms. The van der Waals surface area contributed by atoms with E-state index in [0.29, 0.717) is 42.8 Å². The van der Waals surface area contributed by atoms with Crippen molar-refractivity contribution in [2.45, 2.75) is 144 Å². The summed E-state index contributed by atoms with van der Waals surface area (Å²) in [5.41, 5.74) is 12.5. The van der Waals surface area contributed by atoms with Crippen molar-refractivity contribution < 1.29 is 29.8 Å². The molecule has 8 rings (SSSR count). The summed E-state index contributed by atoms with van der Waals surface area (Å²) in [4.78, 5) is 35.4. The van der Waals surface area contributed by atoms with Crippen LogP contribution in [-0.2, 0) is 18.0 Å². The molecule has 0 unspecified atom stereocenters. The van der Waals surface area contributed by atoms with Crippen LogP contribution in [0.25, 0.3) is 11.3 Å². The quantitative estimate of drug-likeness (QED) is 0.0957. The van der Waals surface area contributed by atoms with E-state index in [-0.39, 0.29) is 46.7 Å². The van der Waals surface area contributed by atoms with Crippen molar-refractivity contribution >= 4 is 92.6 Å². The van der Waals surface area contributed by atoms with Gasteiger partial charge in [-0.05, 0) is 138 Å². The Hall–Kier alpha value is -3.03. The first kappa shape index (κ1) is 55.3. The molecule has 4 heterocycles. The maximum absolute atomic E-state index is 12.3. The normalized spacial score (nSPS) is 19.5. The first-order chi connectivity index (χ1) is 32.5. The number of amides is 1. The number of hydrogen-bond donors (Lipinski definition) is 6. The number of anilines is 2. The Morgan fingerprint density at radius 2 is 1.26 bits per heavy atom. The van der Waals surface area contributed by atoms with Crippen LogP contribution in [0.3, 0.4) is 0 Å². The van der Waals surface area contributed by atoms with E-state index in [1.54, 1.807) is 13.0 Å². The van der Waals surface area contributed by atoms with E-state index in [4.69, 9.17) is 76.9 Å². The molecule has 2 aliphatic heterocycles. The second-order valence-corrected chi connectivity index (χ2v) is 22.2. The van der Waals surface area contributed by atoms with E-state index >= 15 is 0 Å². The molecular formula is C49H66BBrCl4N8O6. The lowest BCUT2D eigenvalue weighted by molar-refractivity contribution is 0.0442. The molecule has 7 N–H and O–H groups in total. The number of rotatable bonds is 7. The Bertz CT molecular complexity index is 2470. The molecule has 69 heavy (non-hydrogen) atoms. The standard InChI is InChI=1S/C22H28Cl2N4O.C20H31BrN4O3.C7H7BCl2O2/c1-13-5-6-15(19(24)18(13)23)20-14(2)26-21(16(12-29)27-20)28-10-8-22(9-11-28)7-3-4-17(22)25;1-13-16(21)23-14(12-26)17(22-13)25-10-8-20(9-11-25)7-5-6-15(20)24-18(27)28-19(2,3)4;1-4-2-3-5(8(11)12)7(10)6(4)9/h5-6,17,29H,3-4,7-12,25H2,1-2H3;15,26H,5-12H2,1-4H3,(H,24,27);2-3,11-12H,1H3/t17-;15-;/m11./s1. The van der Waals surface area contributed by atoms with Gasteiger partial charge in [-0.25, -0.2) is 24.7 Å². The summed E-state index contributed by atoms with van der Waals surface area (Å²) in [6, 6.07) is 7.52. The van der Waals surface area contributed by atoms with Crippen LogP contribution in [0.1, 0.15) is 119 Å². The van der Waals surface area contributed by atoms with Crippen LogP contribution < -0.4 is 26.3 Å². The number of nitrogens with zero attached hydrogens (tertiary/aromatic N) is 6. The molecule has 2 aliphatic carbocycles. The summed E-state index contributed by atoms with van der Waals surface area (Å²) in [6.07, 6.45) is 10.6. The zero-order chi connectivity index (χ0) is 50.6. The molecular weight excluding hydrogens is 1030 g/mol. The highest BCUT2D eigenvalue weighted by molar-refractivity contribution is 9.10. The third-order valence-electron chi connectivity index (χ3n) is 14.3. The Morgan fingerprint density at radius 3 is 1.80 bits per heavy atom. The van der Waals surface area contributed by atoms with Gasteiger partial charge in [-0.1, -0.05) is 83.5 Å². The lowest BCUT2D eigenvalue weighted by Gasteiger charge is -2.44. The van der Waals surface area contributed by atoms with Crippen LogP contribution in [0, 0.1) is 38.5 Å². The summed E-state index contributed by atoms with van der Waals surface area (Å²) in [5, 5.41) is 42.1. The molecule has 0 radical (unpaired) electrons. The second-order valence-electron chi connectivity index (χ2n) is 19.9. The van der Waals surface area contributed by atoms with Crippen LogP contribution in [0.15, 0.2) is 28.9 Å². The average Bonchev–Trinajstić information content (AvgIpc) is 3.86. The van der Waals surface area contributed by atoms with Gasteiger partial charge in [-0.15, -0.1) is 0 Å². The van der Waals surface area contributed by atoms with E-state index in [1.165, 1.54) is 18.9 Å². The minimum Gasteiger partial charge on any atom is -0.444 e. The number of aliphatic hydroxyl groups is 2. The van der Waals surface area contributed by atoms with E-state index in [1.807, 2.05) is 53.7 Å². The first-order valence-corrected chi connectivity index (χ1v) is 26.0. The van der Waals surface area contributed by atoms with Gasteiger partial charge >= 0.3 is 13.2 Å². The van der Waals surface area contributed by atoms with Crippen LogP contribution in [-0.4, -0.2) is 97.3 Å². The fraction of sp³-hybridized carbons (Fsp3) is 0.571. The van der Waals surface area contributed by atoms with Crippen LogP contribution in [0.2, 0.25) is 20.1 Å². The molecule has 1 amide bonds. The zero-order valence-electron chi connectivity index (χ0n) is 40.6. The number of hydrogen-bond acceptors (Lipinski definition) is 13. The van der Waals surface area contributed by atoms with Gasteiger partial charge in [0, 0.05) is 49.3 Å². The number of aryl methyl sites for hydroxylation is 4. The van der Waals surface area contributed by atoms with Crippen molar-refractivity contribution in [3.63, 3.8) is 0 Å². The van der Waals surface area contributed by atoms with Gasteiger partial charge in [-0.3, -0.25) is 0 Å². The summed E-state index contributed by atoms with van der Waals surface area (Å²) in [7, 11) is -1.57. The summed E-state index contributed by atoms with van der Waals surface area (Å²) in [6.45, 7) is 16.4. The monoisotopic (exact) mass is 1090 g/mol. The minimum absolute atomic E-state index is 0.116. The highest BCUT2D eigenvalue weighted by Gasteiger charge is 2.47. The second kappa shape index (κ2) is 23.2. The lowest BCUT2D eigenvalue weighted by atomic mass is 9.74. The van der Waals surface area contributed by atoms with E-state index in [0.717, 1.165) is 117 Å². The minimum atomic E-state index is -1.57. The molecule has 20 heteroatoms. The Labute approximate surface area is 435 Å². The molecule has 14 nitrogen and oxygen atoms in total. The molecule has 2 saturated carbocycles. The van der Waals surface area contributed by atoms with Crippen molar-refractivity contribution in [1.29, 1.82) is 0 Å². The Balaban J connectivity index is 0.000000184. The lowest BCUT2D eigenvalue weighted by Crippen LogP contribution is -2.51. The predicted octanol–water partition coefficient (Wildman–Crippen LogP) is 9.34. The van der Waals surface area contributed by atoms with Crippen LogP contribution >= 0.6 is 62.3 Å². The number of nitrogens with two attached hydrogens (primary N) is 1. The SMILES string of the molecule is Cc1ccc(-c2nc(CO)c(N3CCC4(CCC[C@H]4N)CC3)nc2C)c(Cl)c1Cl.Cc1ccc(B(O)O)c(Cl)c1Cl.Cc1nc(N2CCC3(CCC[C@H]3NC(=O)OC(C)(C)C)CC2)c(CO)nc1Br. The van der Waals surface area contributed by atoms with Crippen LogP contribution in [0.5, 0.6) is 0 Å². The van der Waals surface area contributed by atoms with Gasteiger partial charge in [0.05, 0.1) is 50.4 Å². The number of aliphatic hydroxyl groups excluding tert-OH is 2. The number of ether oxygens (including phenoxy) is 1. The number of halogens is 5. The van der Waals surface area contributed by atoms with E-state index in [2.05, 4.69) is 41.0 Å². The number of carbonyl (C=O) groups is 1.